The van der Waals surface area contributed by atoms with E-state index in [1.165, 1.54) is 5.56 Å². The van der Waals surface area contributed by atoms with Gasteiger partial charge in [0, 0.05) is 6.54 Å². The van der Waals surface area contributed by atoms with E-state index in [1.54, 1.807) is 0 Å². The Morgan fingerprint density at radius 2 is 1.77 bits per heavy atom. The van der Waals surface area contributed by atoms with Crippen LogP contribution < -0.4 is 10.6 Å². The van der Waals surface area contributed by atoms with Crippen molar-refractivity contribution in [3.8, 4) is 0 Å². The van der Waals surface area contributed by atoms with Crippen molar-refractivity contribution in [2.75, 3.05) is 13.1 Å². The van der Waals surface area contributed by atoms with E-state index in [0.29, 0.717) is 25.9 Å². The van der Waals surface area contributed by atoms with Gasteiger partial charge in [-0.1, -0.05) is 30.3 Å². The number of ether oxygens (including phenoxy) is 1. The maximum absolute atomic E-state index is 11.5. The van der Waals surface area contributed by atoms with Crippen molar-refractivity contribution in [1.29, 1.82) is 0 Å². The van der Waals surface area contributed by atoms with E-state index in [0.717, 1.165) is 19.3 Å². The molecule has 1 aromatic rings. The SMILES string of the molecule is CC(C)(C)OC(=O)NCCCC[C@H](NCCCc1ccccc1)C(=O)O. The summed E-state index contributed by atoms with van der Waals surface area (Å²) in [7, 11) is 0. The lowest BCUT2D eigenvalue weighted by atomic mass is 10.1. The third-order valence-electron chi connectivity index (χ3n) is 3.76. The number of nitrogens with one attached hydrogen (secondary N) is 2. The van der Waals surface area contributed by atoms with Crippen LogP contribution >= 0.6 is 0 Å². The monoisotopic (exact) mass is 364 g/mol. The zero-order valence-corrected chi connectivity index (χ0v) is 16.1. The lowest BCUT2D eigenvalue weighted by Gasteiger charge is -2.19. The number of hydrogen-bond donors (Lipinski definition) is 3. The van der Waals surface area contributed by atoms with Crippen molar-refractivity contribution < 1.29 is 19.4 Å². The van der Waals surface area contributed by atoms with Crippen LogP contribution in [0.3, 0.4) is 0 Å². The third-order valence-corrected chi connectivity index (χ3v) is 3.76. The first-order valence-corrected chi connectivity index (χ1v) is 9.25. The fourth-order valence-electron chi connectivity index (χ4n) is 2.50. The highest BCUT2D eigenvalue weighted by molar-refractivity contribution is 5.73. The van der Waals surface area contributed by atoms with Crippen molar-refractivity contribution in [3.63, 3.8) is 0 Å². The summed E-state index contributed by atoms with van der Waals surface area (Å²) in [6.07, 6.45) is 3.36. The van der Waals surface area contributed by atoms with Crippen LogP contribution in [0.2, 0.25) is 0 Å². The van der Waals surface area contributed by atoms with Gasteiger partial charge in [0.05, 0.1) is 0 Å². The molecule has 1 rings (SSSR count). The number of carbonyl (C=O) groups excluding carboxylic acids is 1. The Hall–Kier alpha value is -2.08. The van der Waals surface area contributed by atoms with Crippen LogP contribution in [-0.2, 0) is 16.0 Å². The molecule has 3 N–H and O–H groups in total. The summed E-state index contributed by atoms with van der Waals surface area (Å²) in [6.45, 7) is 6.59. The van der Waals surface area contributed by atoms with E-state index in [1.807, 2.05) is 39.0 Å². The molecule has 0 aliphatic carbocycles. The van der Waals surface area contributed by atoms with Gasteiger partial charge in [0.15, 0.2) is 0 Å². The largest absolute Gasteiger partial charge is 0.480 e. The van der Waals surface area contributed by atoms with Gasteiger partial charge in [-0.3, -0.25) is 4.79 Å². The summed E-state index contributed by atoms with van der Waals surface area (Å²) in [5.41, 5.74) is 0.747. The number of alkyl carbamates (subject to hydrolysis) is 1. The van der Waals surface area contributed by atoms with Crippen molar-refractivity contribution in [2.24, 2.45) is 0 Å². The molecule has 6 nitrogen and oxygen atoms in total. The van der Waals surface area contributed by atoms with Crippen molar-refractivity contribution in [1.82, 2.24) is 10.6 Å². The van der Waals surface area contributed by atoms with Crippen LogP contribution in [-0.4, -0.2) is 41.9 Å². The van der Waals surface area contributed by atoms with E-state index < -0.39 is 23.7 Å². The fraction of sp³-hybridized carbons (Fsp3) is 0.600. The average molecular weight is 364 g/mol. The van der Waals surface area contributed by atoms with Gasteiger partial charge in [-0.05, 0) is 65.0 Å². The normalized spacial score (nSPS) is 12.4. The van der Waals surface area contributed by atoms with Crippen LogP contribution in [0.25, 0.3) is 0 Å². The predicted molar refractivity (Wildman–Crippen MR) is 102 cm³/mol. The minimum Gasteiger partial charge on any atom is -0.480 e. The average Bonchev–Trinajstić information content (AvgIpc) is 2.55. The standard InChI is InChI=1S/C20H32N2O4/c1-20(2,3)26-19(25)22-14-8-7-13-17(18(23)24)21-15-9-12-16-10-5-4-6-11-16/h4-6,10-11,17,21H,7-9,12-15H2,1-3H3,(H,22,25)(H,23,24)/t17-/m0/s1. The van der Waals surface area contributed by atoms with E-state index >= 15 is 0 Å². The molecule has 0 bridgehead atoms. The number of unbranched alkanes of at least 4 members (excludes halogenated alkanes) is 1. The summed E-state index contributed by atoms with van der Waals surface area (Å²) >= 11 is 0. The Labute approximate surface area is 156 Å². The third kappa shape index (κ3) is 10.7. The highest BCUT2D eigenvalue weighted by Gasteiger charge is 2.17. The molecule has 0 heterocycles. The second-order valence-electron chi connectivity index (χ2n) is 7.36. The van der Waals surface area contributed by atoms with Crippen LogP contribution in [0.5, 0.6) is 0 Å². The Bertz CT molecular complexity index is 540. The smallest absolute Gasteiger partial charge is 0.407 e. The van der Waals surface area contributed by atoms with Gasteiger partial charge in [-0.15, -0.1) is 0 Å². The molecule has 26 heavy (non-hydrogen) atoms. The molecule has 0 saturated heterocycles. The highest BCUT2D eigenvalue weighted by Crippen LogP contribution is 2.07. The predicted octanol–water partition coefficient (Wildman–Crippen LogP) is 3.36. The van der Waals surface area contributed by atoms with Gasteiger partial charge >= 0.3 is 12.1 Å². The molecule has 0 unspecified atom stereocenters. The number of carboxylic acids is 1. The van der Waals surface area contributed by atoms with Crippen LogP contribution in [0.15, 0.2) is 30.3 Å². The number of carbonyl (C=O) groups is 2. The second-order valence-corrected chi connectivity index (χ2v) is 7.36. The molecule has 146 valence electrons. The summed E-state index contributed by atoms with van der Waals surface area (Å²) in [5.74, 6) is -0.829. The summed E-state index contributed by atoms with van der Waals surface area (Å²) < 4.78 is 5.15. The number of carboxylic acid groups (broad SMARTS) is 1. The number of aliphatic carboxylic acids is 1. The molecule has 0 saturated carbocycles. The molecule has 0 aliphatic heterocycles. The molecule has 0 spiro atoms. The maximum atomic E-state index is 11.5. The first kappa shape index (κ1) is 22.0. The topological polar surface area (TPSA) is 87.7 Å². The molecule has 0 aromatic heterocycles. The van der Waals surface area contributed by atoms with E-state index in [9.17, 15) is 14.7 Å². The Morgan fingerprint density at radius 3 is 2.38 bits per heavy atom. The molecule has 1 amide bonds. The molecule has 6 heteroatoms. The van der Waals surface area contributed by atoms with Crippen molar-refractivity contribution >= 4 is 12.1 Å². The zero-order chi connectivity index (χ0) is 19.4. The Kier molecular flexibility index (Phi) is 9.73. The molecule has 1 aromatic carbocycles. The van der Waals surface area contributed by atoms with Crippen molar-refractivity contribution in [3.05, 3.63) is 35.9 Å². The number of aryl methyl sites for hydroxylation is 1. The number of rotatable bonds is 11. The summed E-state index contributed by atoms with van der Waals surface area (Å²) in [6, 6.07) is 9.60. The van der Waals surface area contributed by atoms with Gasteiger partial charge in [0.1, 0.15) is 11.6 Å². The first-order chi connectivity index (χ1) is 12.3. The van der Waals surface area contributed by atoms with Crippen molar-refractivity contribution in [2.45, 2.75) is 64.5 Å². The first-order valence-electron chi connectivity index (χ1n) is 9.25. The highest BCUT2D eigenvalue weighted by atomic mass is 16.6. The van der Waals surface area contributed by atoms with Gasteiger partial charge in [0.2, 0.25) is 0 Å². The Balaban J connectivity index is 2.15. The molecular formula is C20H32N2O4. The maximum Gasteiger partial charge on any atom is 0.407 e. The summed E-state index contributed by atoms with van der Waals surface area (Å²) in [5, 5.41) is 15.1. The van der Waals surface area contributed by atoms with Gasteiger partial charge in [-0.25, -0.2) is 4.79 Å². The zero-order valence-electron chi connectivity index (χ0n) is 16.1. The molecule has 0 fully saturated rings. The Morgan fingerprint density at radius 1 is 1.08 bits per heavy atom. The molecule has 0 aliphatic rings. The number of hydrogen-bond acceptors (Lipinski definition) is 4. The molecular weight excluding hydrogens is 332 g/mol. The van der Waals surface area contributed by atoms with Crippen LogP contribution in [0.4, 0.5) is 4.79 Å². The molecule has 0 radical (unpaired) electrons. The second kappa shape index (κ2) is 11.5. The minimum atomic E-state index is -0.829. The van der Waals surface area contributed by atoms with Gasteiger partial charge < -0.3 is 20.5 Å². The number of amides is 1. The van der Waals surface area contributed by atoms with Crippen LogP contribution in [0.1, 0.15) is 52.0 Å². The minimum absolute atomic E-state index is 0.439. The van der Waals surface area contributed by atoms with E-state index in [2.05, 4.69) is 22.8 Å². The lowest BCUT2D eigenvalue weighted by Crippen LogP contribution is -2.37. The lowest BCUT2D eigenvalue weighted by molar-refractivity contribution is -0.139. The summed E-state index contributed by atoms with van der Waals surface area (Å²) in [4.78, 5) is 22.9. The van der Waals surface area contributed by atoms with Crippen LogP contribution in [0, 0.1) is 0 Å². The fourth-order valence-corrected chi connectivity index (χ4v) is 2.50. The van der Waals surface area contributed by atoms with Gasteiger partial charge in [0.25, 0.3) is 0 Å². The quantitative estimate of drug-likeness (QED) is 0.524. The van der Waals surface area contributed by atoms with E-state index in [4.69, 9.17) is 4.74 Å². The molecule has 1 atom stereocenters. The van der Waals surface area contributed by atoms with E-state index in [-0.39, 0.29) is 0 Å². The van der Waals surface area contributed by atoms with Gasteiger partial charge in [-0.2, -0.15) is 0 Å². The number of benzene rings is 1.